The van der Waals surface area contributed by atoms with Crippen LogP contribution in [0.15, 0.2) is 0 Å². The number of ether oxygens (including phenoxy) is 5. The zero-order chi connectivity index (χ0) is 66.8. The number of unbranched alkanes of at least 4 members (excludes halogenated alkanes) is 36. The first kappa shape index (κ1) is 85.2. The minimum absolute atomic E-state index is 0.200. The summed E-state index contributed by atoms with van der Waals surface area (Å²) >= 11 is 0. The van der Waals surface area contributed by atoms with Crippen LogP contribution in [0.4, 0.5) is 17.8 Å². The van der Waals surface area contributed by atoms with E-state index < -0.39 is 0 Å². The van der Waals surface area contributed by atoms with E-state index >= 15 is 0 Å². The van der Waals surface area contributed by atoms with Gasteiger partial charge < -0.3 is 49.4 Å². The zero-order valence-electron chi connectivity index (χ0n) is 60.6. The maximum atomic E-state index is 13.0. The lowest BCUT2D eigenvalue weighted by molar-refractivity contribution is -0.146. The molecule has 93 heavy (non-hydrogen) atoms. The Morgan fingerprint density at radius 2 is 0.570 bits per heavy atom. The van der Waals surface area contributed by atoms with E-state index in [4.69, 9.17) is 38.6 Å². The molecular formula is C75H143N9O9. The van der Waals surface area contributed by atoms with Crippen LogP contribution in [0.5, 0.6) is 0 Å². The molecule has 0 unspecified atom stereocenters. The lowest BCUT2D eigenvalue weighted by atomic mass is 10.1. The molecule has 2 rings (SSSR count). The summed E-state index contributed by atoms with van der Waals surface area (Å²) in [6.45, 7) is 19.9. The van der Waals surface area contributed by atoms with Crippen LogP contribution in [0.1, 0.15) is 323 Å². The van der Waals surface area contributed by atoms with E-state index in [1.165, 1.54) is 205 Å². The Balaban J connectivity index is 2.03. The van der Waals surface area contributed by atoms with Crippen LogP contribution in [0.25, 0.3) is 0 Å². The first-order valence-electron chi connectivity index (χ1n) is 39.1. The van der Waals surface area contributed by atoms with Gasteiger partial charge in [-0.05, 0) is 51.6 Å². The molecule has 542 valence electrons. The molecule has 18 nitrogen and oxygen atoms in total. The van der Waals surface area contributed by atoms with Gasteiger partial charge >= 0.3 is 23.9 Å². The Morgan fingerprint density at radius 1 is 0.333 bits per heavy atom. The summed E-state index contributed by atoms with van der Waals surface area (Å²) in [6, 6.07) is 0. The second kappa shape index (κ2) is 65.4. The molecule has 1 fully saturated rings. The Bertz CT molecular complexity index is 1670. The molecule has 0 saturated carbocycles. The molecule has 0 amide bonds. The van der Waals surface area contributed by atoms with E-state index in [0.717, 1.165) is 84.2 Å². The van der Waals surface area contributed by atoms with Crippen LogP contribution in [0, 0.1) is 0 Å². The Labute approximate surface area is 569 Å². The maximum absolute atomic E-state index is 13.0. The van der Waals surface area contributed by atoms with E-state index in [-0.39, 0.29) is 49.6 Å². The highest BCUT2D eigenvalue weighted by atomic mass is 16.5. The Hall–Kier alpha value is -3.87. The molecule has 0 aromatic carbocycles. The normalized spacial score (nSPS) is 12.6. The van der Waals surface area contributed by atoms with Crippen LogP contribution in [-0.2, 0) is 42.9 Å². The van der Waals surface area contributed by atoms with Gasteiger partial charge in [0.1, 0.15) is 0 Å². The van der Waals surface area contributed by atoms with Crippen molar-refractivity contribution in [3.63, 3.8) is 0 Å². The first-order chi connectivity index (χ1) is 45.8. The van der Waals surface area contributed by atoms with Crippen molar-refractivity contribution in [1.29, 1.82) is 0 Å². The molecule has 0 atom stereocenters. The van der Waals surface area contributed by atoms with E-state index in [1.807, 2.05) is 0 Å². The number of nitrogens with zero attached hydrogens (tertiary/aromatic N) is 6. The van der Waals surface area contributed by atoms with Crippen molar-refractivity contribution in [2.24, 2.45) is 0 Å². The van der Waals surface area contributed by atoms with Crippen molar-refractivity contribution in [2.45, 2.75) is 323 Å². The van der Waals surface area contributed by atoms with Crippen molar-refractivity contribution < 1.29 is 42.9 Å². The van der Waals surface area contributed by atoms with Crippen molar-refractivity contribution in [3.8, 4) is 0 Å². The monoisotopic (exact) mass is 1310 g/mol. The van der Waals surface area contributed by atoms with Crippen LogP contribution < -0.4 is 16.0 Å². The van der Waals surface area contributed by atoms with Gasteiger partial charge in [-0.1, -0.05) is 259 Å². The average Bonchev–Trinajstić information content (AvgIpc) is 3.74. The predicted molar refractivity (Wildman–Crippen MR) is 384 cm³/mol. The molecule has 0 bridgehead atoms. The van der Waals surface area contributed by atoms with Crippen LogP contribution in [0.3, 0.4) is 0 Å². The summed E-state index contributed by atoms with van der Waals surface area (Å²) in [5, 5.41) is 10.3. The lowest BCUT2D eigenvalue weighted by Gasteiger charge is -2.26. The summed E-state index contributed by atoms with van der Waals surface area (Å²) in [4.78, 5) is 73.1. The zero-order valence-corrected chi connectivity index (χ0v) is 60.6. The fourth-order valence-electron chi connectivity index (χ4n) is 11.8. The van der Waals surface area contributed by atoms with Gasteiger partial charge in [-0.3, -0.25) is 24.1 Å². The number of esters is 4. The molecule has 1 aromatic rings. The number of anilines is 3. The smallest absolute Gasteiger partial charge is 0.307 e. The molecule has 2 heterocycles. The summed E-state index contributed by atoms with van der Waals surface area (Å²) in [7, 11) is 0. The lowest BCUT2D eigenvalue weighted by Crippen LogP contribution is -2.39. The topological polar surface area (TPSA) is 199 Å². The second-order valence-corrected chi connectivity index (χ2v) is 26.5. The summed E-state index contributed by atoms with van der Waals surface area (Å²) in [6.07, 6.45) is 51.6. The first-order valence-corrected chi connectivity index (χ1v) is 39.1. The minimum Gasteiger partial charge on any atom is -0.466 e. The highest BCUT2D eigenvalue weighted by molar-refractivity contribution is 5.71. The number of carbonyl (C=O) groups excluding carboxylic acids is 4. The summed E-state index contributed by atoms with van der Waals surface area (Å²) in [5.74, 6) is 0.540. The number of nitrogens with one attached hydrogen (secondary N) is 3. The molecule has 1 aromatic heterocycles. The number of hydrogen-bond acceptors (Lipinski definition) is 18. The Kier molecular flexibility index (Phi) is 59.9. The van der Waals surface area contributed by atoms with Crippen LogP contribution in [-0.4, -0.2) is 172 Å². The average molecular weight is 1320 g/mol. The maximum Gasteiger partial charge on any atom is 0.307 e. The van der Waals surface area contributed by atoms with Gasteiger partial charge in [0.05, 0.1) is 65.3 Å². The number of carbonyl (C=O) groups is 4. The minimum atomic E-state index is -0.200. The van der Waals surface area contributed by atoms with Crippen LogP contribution in [0.2, 0.25) is 0 Å². The van der Waals surface area contributed by atoms with E-state index in [0.29, 0.717) is 116 Å². The SMILES string of the molecule is CCCCCCCCCCCCOC(=O)CCN(CCCNc1nc(NCCCN(CCC(=O)OCCCCCCCCCCCC)CCC(=O)OCCCCCCCCCCCC)nc(NCCN2CCOCC2)n1)CCC(=O)OCCCCCCCCCCCC. The van der Waals surface area contributed by atoms with Gasteiger partial charge in [0.2, 0.25) is 17.8 Å². The summed E-state index contributed by atoms with van der Waals surface area (Å²) in [5.41, 5.74) is 0. The third-order valence-corrected chi connectivity index (χ3v) is 17.9. The molecule has 1 aliphatic rings. The van der Waals surface area contributed by atoms with Gasteiger partial charge in [0, 0.05) is 65.4 Å². The van der Waals surface area contributed by atoms with Gasteiger partial charge in [-0.2, -0.15) is 15.0 Å². The highest BCUT2D eigenvalue weighted by Crippen LogP contribution is 2.17. The highest BCUT2D eigenvalue weighted by Gasteiger charge is 2.17. The van der Waals surface area contributed by atoms with Gasteiger partial charge in [-0.25, -0.2) is 0 Å². The van der Waals surface area contributed by atoms with Crippen LogP contribution >= 0.6 is 0 Å². The standard InChI is InChI=1S/C75H143N9O9/c1-5-9-13-17-21-25-29-33-37-41-63-90-69(85)47-56-82(57-48-70(86)91-64-42-38-34-30-26-22-18-14-10-6-2)54-45-51-76-73-79-74(81-75(80-73)78-53-60-84-61-67-89-68-62-84)77-52-46-55-83(58-49-71(87)92-65-43-39-35-31-27-23-19-15-11-7-3)59-50-72(88)93-66-44-40-36-32-28-24-20-16-12-8-4/h5-68H2,1-4H3,(H3,76,77,78,79,80,81). The number of hydrogen-bond donors (Lipinski definition) is 3. The van der Waals surface area contributed by atoms with Gasteiger partial charge in [0.25, 0.3) is 0 Å². The van der Waals surface area contributed by atoms with Crippen molar-refractivity contribution in [1.82, 2.24) is 29.7 Å². The number of morpholine rings is 1. The third-order valence-electron chi connectivity index (χ3n) is 17.9. The third kappa shape index (κ3) is 55.9. The predicted octanol–water partition coefficient (Wildman–Crippen LogP) is 17.2. The fraction of sp³-hybridized carbons (Fsp3) is 0.907. The molecule has 0 radical (unpaired) electrons. The summed E-state index contributed by atoms with van der Waals surface area (Å²) < 4.78 is 28.3. The number of aromatic nitrogens is 3. The molecule has 18 heteroatoms. The Morgan fingerprint density at radius 3 is 0.828 bits per heavy atom. The second-order valence-electron chi connectivity index (χ2n) is 26.5. The van der Waals surface area contributed by atoms with E-state index in [1.54, 1.807) is 0 Å². The van der Waals surface area contributed by atoms with Gasteiger partial charge in [-0.15, -0.1) is 0 Å². The molecule has 1 saturated heterocycles. The van der Waals surface area contributed by atoms with E-state index in [2.05, 4.69) is 58.3 Å². The molecule has 0 spiro atoms. The molecule has 1 aliphatic heterocycles. The van der Waals surface area contributed by atoms with Gasteiger partial charge in [0.15, 0.2) is 0 Å². The molecule has 0 aliphatic carbocycles. The van der Waals surface area contributed by atoms with Crippen molar-refractivity contribution in [3.05, 3.63) is 0 Å². The largest absolute Gasteiger partial charge is 0.466 e. The van der Waals surface area contributed by atoms with E-state index in [9.17, 15) is 19.2 Å². The molecular weight excluding hydrogens is 1170 g/mol. The quantitative estimate of drug-likeness (QED) is 0.0316. The van der Waals surface area contributed by atoms with Crippen molar-refractivity contribution >= 4 is 41.7 Å². The number of rotatable bonds is 70. The molecule has 3 N–H and O–H groups in total. The fourth-order valence-corrected chi connectivity index (χ4v) is 11.8. The van der Waals surface area contributed by atoms with Crippen molar-refractivity contribution in [2.75, 3.05) is 134 Å².